The fraction of sp³-hybridized carbons (Fsp3) is 0.304. The van der Waals surface area contributed by atoms with Crippen LogP contribution < -0.4 is 16.6 Å². The first-order valence-electron chi connectivity index (χ1n) is 10.9. The molecule has 4 rings (SSSR count). The van der Waals surface area contributed by atoms with E-state index < -0.39 is 0 Å². The number of amides is 1. The lowest BCUT2D eigenvalue weighted by Crippen LogP contribution is -2.41. The lowest BCUT2D eigenvalue weighted by molar-refractivity contribution is -0.121. The minimum atomic E-state index is -0.378. The van der Waals surface area contributed by atoms with Crippen molar-refractivity contribution in [2.45, 2.75) is 45.8 Å². The van der Waals surface area contributed by atoms with Gasteiger partial charge in [0.15, 0.2) is 0 Å². The van der Waals surface area contributed by atoms with E-state index in [4.69, 9.17) is 0 Å². The van der Waals surface area contributed by atoms with Crippen molar-refractivity contribution in [2.75, 3.05) is 0 Å². The molecule has 10 nitrogen and oxygen atoms in total. The van der Waals surface area contributed by atoms with Gasteiger partial charge in [-0.05, 0) is 42.0 Å². The number of hydrogen-bond donors (Lipinski definition) is 1. The molecule has 0 aliphatic rings. The molecular formula is C23H25N7O3. The number of fused-ring (bicyclic) bond motifs is 1. The average Bonchev–Trinajstić information content (AvgIpc) is 3.20. The van der Waals surface area contributed by atoms with Crippen molar-refractivity contribution in [3.05, 3.63) is 81.1 Å². The van der Waals surface area contributed by atoms with Gasteiger partial charge in [0, 0.05) is 18.0 Å². The van der Waals surface area contributed by atoms with Gasteiger partial charge in [-0.3, -0.25) is 9.59 Å². The number of aryl methyl sites for hydroxylation is 1. The molecule has 1 atom stereocenters. The van der Waals surface area contributed by atoms with Crippen molar-refractivity contribution < 1.29 is 4.79 Å². The highest BCUT2D eigenvalue weighted by atomic mass is 16.2. The minimum Gasteiger partial charge on any atom is -0.351 e. The number of tetrazole rings is 1. The van der Waals surface area contributed by atoms with E-state index in [0.717, 1.165) is 0 Å². The van der Waals surface area contributed by atoms with Crippen molar-refractivity contribution in [1.29, 1.82) is 0 Å². The van der Waals surface area contributed by atoms with Crippen molar-refractivity contribution >= 4 is 16.7 Å². The van der Waals surface area contributed by atoms with Crippen LogP contribution >= 0.6 is 0 Å². The van der Waals surface area contributed by atoms with Crippen LogP contribution in [0.25, 0.3) is 16.5 Å². The lowest BCUT2D eigenvalue weighted by Gasteiger charge is -2.16. The maximum absolute atomic E-state index is 12.8. The van der Waals surface area contributed by atoms with Crippen LogP contribution in [0, 0.1) is 0 Å². The van der Waals surface area contributed by atoms with E-state index in [1.54, 1.807) is 30.3 Å². The standard InChI is InChI=1S/C23H25N7O3/c1-3-16(15-29-23(33)30(27-26-29)17-10-6-5-7-11-17)24-21(31)14-20-18-12-8-9-13-19(18)22(32)28(4-2)25-20/h5-13,16H,3-4,14-15H2,1-2H3,(H,24,31). The number of aromatic nitrogens is 6. The Morgan fingerprint density at radius 3 is 2.33 bits per heavy atom. The molecule has 33 heavy (non-hydrogen) atoms. The van der Waals surface area contributed by atoms with Gasteiger partial charge < -0.3 is 5.32 Å². The fourth-order valence-corrected chi connectivity index (χ4v) is 3.69. The number of nitrogens with zero attached hydrogens (tertiary/aromatic N) is 6. The zero-order valence-corrected chi connectivity index (χ0v) is 18.5. The lowest BCUT2D eigenvalue weighted by atomic mass is 10.1. The molecule has 0 aliphatic carbocycles. The van der Waals surface area contributed by atoms with Gasteiger partial charge >= 0.3 is 5.69 Å². The SMILES string of the molecule is CCC(Cn1nnn(-c2ccccc2)c1=O)NC(=O)Cc1nn(CC)c(=O)c2ccccc12. The first-order valence-corrected chi connectivity index (χ1v) is 10.9. The molecule has 170 valence electrons. The minimum absolute atomic E-state index is 0.0168. The number of carbonyl (C=O) groups is 1. The van der Waals surface area contributed by atoms with E-state index in [2.05, 4.69) is 20.8 Å². The molecule has 0 saturated heterocycles. The third-order valence-electron chi connectivity index (χ3n) is 5.46. The molecule has 0 fully saturated rings. The first-order chi connectivity index (χ1) is 16.0. The Labute approximate surface area is 189 Å². The van der Waals surface area contributed by atoms with Crippen LogP contribution in [0.4, 0.5) is 0 Å². The molecule has 0 saturated carbocycles. The van der Waals surface area contributed by atoms with Crippen molar-refractivity contribution in [3.8, 4) is 5.69 Å². The maximum atomic E-state index is 12.8. The van der Waals surface area contributed by atoms with E-state index in [1.807, 2.05) is 38.1 Å². The summed E-state index contributed by atoms with van der Waals surface area (Å²) in [6.45, 7) is 4.36. The number of hydrogen-bond acceptors (Lipinski definition) is 6. The molecule has 1 unspecified atom stereocenters. The quantitative estimate of drug-likeness (QED) is 0.435. The van der Waals surface area contributed by atoms with Crippen LogP contribution in [0.1, 0.15) is 26.0 Å². The van der Waals surface area contributed by atoms with E-state index in [1.165, 1.54) is 14.0 Å². The zero-order valence-electron chi connectivity index (χ0n) is 18.5. The monoisotopic (exact) mass is 447 g/mol. The van der Waals surface area contributed by atoms with Gasteiger partial charge in [-0.15, -0.1) is 0 Å². The van der Waals surface area contributed by atoms with Gasteiger partial charge in [0.1, 0.15) is 0 Å². The molecular weight excluding hydrogens is 422 g/mol. The van der Waals surface area contributed by atoms with Crippen LogP contribution in [-0.4, -0.2) is 41.5 Å². The molecule has 0 spiro atoms. The molecule has 1 N–H and O–H groups in total. The molecule has 0 aliphatic heterocycles. The molecule has 4 aromatic rings. The van der Waals surface area contributed by atoms with Crippen molar-refractivity contribution in [3.63, 3.8) is 0 Å². The summed E-state index contributed by atoms with van der Waals surface area (Å²) in [5.74, 6) is -0.246. The summed E-state index contributed by atoms with van der Waals surface area (Å²) in [6.07, 6.45) is 0.613. The second-order valence-corrected chi connectivity index (χ2v) is 7.65. The van der Waals surface area contributed by atoms with Gasteiger partial charge in [-0.25, -0.2) is 9.48 Å². The summed E-state index contributed by atoms with van der Waals surface area (Å²) < 4.78 is 3.83. The number of benzene rings is 2. The van der Waals surface area contributed by atoms with Crippen molar-refractivity contribution in [2.24, 2.45) is 0 Å². The highest BCUT2D eigenvalue weighted by Crippen LogP contribution is 2.14. The molecule has 10 heteroatoms. The molecule has 2 aromatic heterocycles. The molecule has 1 amide bonds. The van der Waals surface area contributed by atoms with Gasteiger partial charge in [-0.1, -0.05) is 43.3 Å². The van der Waals surface area contributed by atoms with Crippen LogP contribution in [0.2, 0.25) is 0 Å². The zero-order chi connectivity index (χ0) is 23.4. The van der Waals surface area contributed by atoms with E-state index in [0.29, 0.717) is 35.1 Å². The highest BCUT2D eigenvalue weighted by molar-refractivity contribution is 5.88. The summed E-state index contributed by atoms with van der Waals surface area (Å²) in [5, 5.41) is 16.4. The van der Waals surface area contributed by atoms with Gasteiger partial charge in [-0.2, -0.15) is 14.5 Å². The Hall–Kier alpha value is -4.08. The number of para-hydroxylation sites is 1. The summed E-state index contributed by atoms with van der Waals surface area (Å²) in [6, 6.07) is 15.9. The Morgan fingerprint density at radius 1 is 0.939 bits per heavy atom. The smallest absolute Gasteiger partial charge is 0.351 e. The summed E-state index contributed by atoms with van der Waals surface area (Å²) in [5.41, 5.74) is 0.600. The predicted octanol–water partition coefficient (Wildman–Crippen LogP) is 1.30. The molecule has 0 bridgehead atoms. The van der Waals surface area contributed by atoms with Crippen molar-refractivity contribution in [1.82, 2.24) is 34.9 Å². The fourth-order valence-electron chi connectivity index (χ4n) is 3.69. The Kier molecular flexibility index (Phi) is 6.43. The topological polar surface area (TPSA) is 117 Å². The van der Waals surface area contributed by atoms with Crippen LogP contribution in [0.5, 0.6) is 0 Å². The molecule has 2 aromatic carbocycles. The predicted molar refractivity (Wildman–Crippen MR) is 123 cm³/mol. The Bertz CT molecular complexity index is 1390. The van der Waals surface area contributed by atoms with E-state index in [-0.39, 0.29) is 36.2 Å². The van der Waals surface area contributed by atoms with E-state index in [9.17, 15) is 14.4 Å². The molecule has 0 radical (unpaired) electrons. The Balaban J connectivity index is 1.51. The first kappa shape index (κ1) is 22.1. The number of carbonyl (C=O) groups excluding carboxylic acids is 1. The summed E-state index contributed by atoms with van der Waals surface area (Å²) >= 11 is 0. The maximum Gasteiger partial charge on any atom is 0.368 e. The number of nitrogens with one attached hydrogen (secondary N) is 1. The largest absolute Gasteiger partial charge is 0.368 e. The van der Waals surface area contributed by atoms with Crippen LogP contribution in [0.15, 0.2) is 64.2 Å². The van der Waals surface area contributed by atoms with Crippen LogP contribution in [-0.2, 0) is 24.3 Å². The van der Waals surface area contributed by atoms with Gasteiger partial charge in [0.2, 0.25) is 5.91 Å². The second kappa shape index (κ2) is 9.60. The molecule has 2 heterocycles. The normalized spacial score (nSPS) is 12.1. The third-order valence-corrected chi connectivity index (χ3v) is 5.46. The van der Waals surface area contributed by atoms with Gasteiger partial charge in [0.05, 0.1) is 29.7 Å². The number of rotatable bonds is 8. The summed E-state index contributed by atoms with van der Waals surface area (Å²) in [4.78, 5) is 38.1. The van der Waals surface area contributed by atoms with Crippen LogP contribution in [0.3, 0.4) is 0 Å². The van der Waals surface area contributed by atoms with Gasteiger partial charge in [0.25, 0.3) is 5.56 Å². The second-order valence-electron chi connectivity index (χ2n) is 7.65. The highest BCUT2D eigenvalue weighted by Gasteiger charge is 2.18. The Morgan fingerprint density at radius 2 is 1.64 bits per heavy atom. The summed E-state index contributed by atoms with van der Waals surface area (Å²) in [7, 11) is 0. The third kappa shape index (κ3) is 4.59. The van der Waals surface area contributed by atoms with E-state index >= 15 is 0 Å². The average molecular weight is 447 g/mol.